The topological polar surface area (TPSA) is 148 Å². The summed E-state index contributed by atoms with van der Waals surface area (Å²) in [5.74, 6) is 1.28. The average Bonchev–Trinajstić information content (AvgIpc) is 3.59. The summed E-state index contributed by atoms with van der Waals surface area (Å²) in [4.78, 5) is 9.06. The molecule has 42 heavy (non-hydrogen) atoms. The number of anilines is 3. The van der Waals surface area contributed by atoms with Gasteiger partial charge in [0.25, 0.3) is 0 Å². The highest BCUT2D eigenvalue weighted by Gasteiger charge is 2.33. The van der Waals surface area contributed by atoms with E-state index in [2.05, 4.69) is 27.4 Å². The molecule has 214 valence electrons. The van der Waals surface area contributed by atoms with Crippen LogP contribution >= 0.6 is 23.1 Å². The summed E-state index contributed by atoms with van der Waals surface area (Å²) < 4.78 is 22.5. The van der Waals surface area contributed by atoms with E-state index in [1.807, 2.05) is 43.5 Å². The third kappa shape index (κ3) is 6.75. The van der Waals surface area contributed by atoms with Crippen LogP contribution in [0.4, 0.5) is 16.6 Å². The molecule has 1 unspecified atom stereocenters. The monoisotopic (exact) mass is 600 g/mol. The van der Waals surface area contributed by atoms with Gasteiger partial charge in [-0.15, -0.1) is 11.3 Å². The van der Waals surface area contributed by atoms with Crippen molar-refractivity contribution >= 4 is 39.7 Å². The quantitative estimate of drug-likeness (QED) is 0.203. The van der Waals surface area contributed by atoms with Gasteiger partial charge >= 0.3 is 0 Å². The molecule has 0 radical (unpaired) electrons. The van der Waals surface area contributed by atoms with Crippen LogP contribution in [0.25, 0.3) is 11.1 Å². The summed E-state index contributed by atoms with van der Waals surface area (Å²) in [6.45, 7) is 4.53. The zero-order valence-corrected chi connectivity index (χ0v) is 24.8. The van der Waals surface area contributed by atoms with Crippen LogP contribution in [0, 0.1) is 22.7 Å². The lowest BCUT2D eigenvalue weighted by molar-refractivity contribution is -0.141. The molecule has 5 rings (SSSR count). The van der Waals surface area contributed by atoms with E-state index in [1.165, 1.54) is 23.1 Å². The van der Waals surface area contributed by atoms with Crippen LogP contribution in [0.1, 0.15) is 30.7 Å². The van der Waals surface area contributed by atoms with Gasteiger partial charge < -0.3 is 30.0 Å². The molecule has 4 aromatic rings. The van der Waals surface area contributed by atoms with Gasteiger partial charge in [-0.1, -0.05) is 30.0 Å². The minimum absolute atomic E-state index is 0.0639. The fraction of sp³-hybridized carbons (Fsp3) is 0.267. The Morgan fingerprint density at radius 2 is 1.90 bits per heavy atom. The van der Waals surface area contributed by atoms with Crippen molar-refractivity contribution in [2.45, 2.75) is 36.5 Å². The maximum Gasteiger partial charge on any atom is 0.187 e. The third-order valence-electron chi connectivity index (χ3n) is 6.29. The van der Waals surface area contributed by atoms with E-state index in [1.54, 1.807) is 31.4 Å². The number of thioether (sulfide) groups is 1. The van der Waals surface area contributed by atoms with Gasteiger partial charge in [0.2, 0.25) is 0 Å². The Kier molecular flexibility index (Phi) is 8.80. The molecule has 1 aliphatic heterocycles. The molecular weight excluding hydrogens is 573 g/mol. The maximum absolute atomic E-state index is 10.1. The molecule has 1 aliphatic rings. The standard InChI is InChI=1S/C30H28N6O4S2/c1-30(2)39-15-23(40-30)14-38-21-9-7-18(8-10-21)26-24(12-31)27(33)36-28(25(26)13-32)41-16-20-17-42-29(35-20)34-19-5-4-6-22(11-19)37-3/h4-11,17,23H,14-16H2,1-3H3,(H2,33,36)(H,34,35). The third-order valence-corrected chi connectivity index (χ3v) is 8.11. The Morgan fingerprint density at radius 3 is 2.60 bits per heavy atom. The first-order valence-corrected chi connectivity index (χ1v) is 14.8. The average molecular weight is 601 g/mol. The van der Waals surface area contributed by atoms with Gasteiger partial charge in [-0.05, 0) is 43.7 Å². The van der Waals surface area contributed by atoms with Crippen LogP contribution in [0.15, 0.2) is 58.9 Å². The fourth-order valence-electron chi connectivity index (χ4n) is 4.34. The molecular formula is C30H28N6O4S2. The Bertz CT molecular complexity index is 1660. The van der Waals surface area contributed by atoms with Gasteiger partial charge in [0.1, 0.15) is 52.8 Å². The number of aromatic nitrogens is 2. The molecule has 0 aliphatic carbocycles. The van der Waals surface area contributed by atoms with E-state index in [4.69, 9.17) is 24.7 Å². The van der Waals surface area contributed by atoms with Gasteiger partial charge in [0.05, 0.1) is 25.0 Å². The van der Waals surface area contributed by atoms with E-state index in [9.17, 15) is 10.5 Å². The first kappa shape index (κ1) is 29.2. The Hall–Kier alpha value is -4.33. The van der Waals surface area contributed by atoms with Crippen LogP contribution in [0.5, 0.6) is 11.5 Å². The first-order valence-electron chi connectivity index (χ1n) is 13.0. The number of nitrogen functional groups attached to an aromatic ring is 1. The number of nitrogens with zero attached hydrogens (tertiary/aromatic N) is 4. The van der Waals surface area contributed by atoms with Crippen molar-refractivity contribution in [1.29, 1.82) is 10.5 Å². The number of rotatable bonds is 10. The number of nitrogens with one attached hydrogen (secondary N) is 1. The maximum atomic E-state index is 10.1. The molecule has 0 spiro atoms. The molecule has 2 aromatic carbocycles. The van der Waals surface area contributed by atoms with E-state index in [0.717, 1.165) is 22.3 Å². The number of methoxy groups -OCH3 is 1. The van der Waals surface area contributed by atoms with Crippen molar-refractivity contribution in [2.75, 3.05) is 31.4 Å². The Balaban J connectivity index is 1.31. The molecule has 0 bridgehead atoms. The second kappa shape index (κ2) is 12.7. The number of nitriles is 2. The summed E-state index contributed by atoms with van der Waals surface area (Å²) in [6.07, 6.45) is -0.166. The molecule has 10 nitrogen and oxygen atoms in total. The number of hydrogen-bond donors (Lipinski definition) is 2. The van der Waals surface area contributed by atoms with Gasteiger partial charge in [-0.2, -0.15) is 10.5 Å². The molecule has 2 aromatic heterocycles. The van der Waals surface area contributed by atoms with E-state index in [0.29, 0.717) is 40.9 Å². The predicted octanol–water partition coefficient (Wildman–Crippen LogP) is 6.11. The molecule has 1 saturated heterocycles. The van der Waals surface area contributed by atoms with Crippen molar-refractivity contribution < 1.29 is 18.9 Å². The normalized spacial score (nSPS) is 15.5. The largest absolute Gasteiger partial charge is 0.497 e. The summed E-state index contributed by atoms with van der Waals surface area (Å²) in [7, 11) is 1.62. The summed E-state index contributed by atoms with van der Waals surface area (Å²) in [5, 5.41) is 26.4. The SMILES string of the molecule is COc1cccc(Nc2nc(CSc3nc(N)c(C#N)c(-c4ccc(OCC5COC(C)(C)O5)cc4)c3C#N)cs2)c1. The zero-order chi connectivity index (χ0) is 29.7. The minimum Gasteiger partial charge on any atom is -0.497 e. The van der Waals surface area contributed by atoms with Gasteiger partial charge in [0, 0.05) is 28.5 Å². The second-order valence-electron chi connectivity index (χ2n) is 9.73. The number of pyridine rings is 1. The fourth-order valence-corrected chi connectivity index (χ4v) is 6.06. The van der Waals surface area contributed by atoms with Crippen molar-refractivity contribution in [3.8, 4) is 34.8 Å². The van der Waals surface area contributed by atoms with Crippen molar-refractivity contribution in [2.24, 2.45) is 0 Å². The second-order valence-corrected chi connectivity index (χ2v) is 11.5. The van der Waals surface area contributed by atoms with E-state index < -0.39 is 5.79 Å². The lowest BCUT2D eigenvalue weighted by Crippen LogP contribution is -2.25. The first-order chi connectivity index (χ1) is 20.3. The number of nitrogens with two attached hydrogens (primary N) is 1. The van der Waals surface area contributed by atoms with Crippen LogP contribution in [0.3, 0.4) is 0 Å². The van der Waals surface area contributed by atoms with E-state index >= 15 is 0 Å². The highest BCUT2D eigenvalue weighted by Crippen LogP contribution is 2.37. The van der Waals surface area contributed by atoms with Gasteiger partial charge in [-0.3, -0.25) is 0 Å². The summed E-state index contributed by atoms with van der Waals surface area (Å²) >= 11 is 2.81. The zero-order valence-electron chi connectivity index (χ0n) is 23.2. The Morgan fingerprint density at radius 1 is 1.12 bits per heavy atom. The molecule has 3 heterocycles. The van der Waals surface area contributed by atoms with Crippen LogP contribution < -0.4 is 20.5 Å². The number of ether oxygens (including phenoxy) is 4. The highest BCUT2D eigenvalue weighted by molar-refractivity contribution is 7.98. The minimum atomic E-state index is -0.619. The van der Waals surface area contributed by atoms with Crippen LogP contribution in [-0.4, -0.2) is 42.2 Å². The van der Waals surface area contributed by atoms with Crippen LogP contribution in [0.2, 0.25) is 0 Å². The molecule has 0 amide bonds. The summed E-state index contributed by atoms with van der Waals surface area (Å²) in [6, 6.07) is 19.1. The molecule has 1 fully saturated rings. The van der Waals surface area contributed by atoms with Gasteiger partial charge in [-0.25, -0.2) is 9.97 Å². The van der Waals surface area contributed by atoms with E-state index in [-0.39, 0.29) is 23.0 Å². The molecule has 0 saturated carbocycles. The summed E-state index contributed by atoms with van der Waals surface area (Å²) in [5.41, 5.74) is 9.41. The van der Waals surface area contributed by atoms with Gasteiger partial charge in [0.15, 0.2) is 10.9 Å². The number of hydrogen-bond acceptors (Lipinski definition) is 12. The predicted molar refractivity (Wildman–Crippen MR) is 162 cm³/mol. The van der Waals surface area contributed by atoms with Crippen molar-refractivity contribution in [3.63, 3.8) is 0 Å². The number of thiazole rings is 1. The van der Waals surface area contributed by atoms with Crippen molar-refractivity contribution in [1.82, 2.24) is 9.97 Å². The molecule has 12 heteroatoms. The Labute approximate surface area is 252 Å². The number of benzene rings is 2. The molecule has 1 atom stereocenters. The van der Waals surface area contributed by atoms with Crippen LogP contribution in [-0.2, 0) is 15.2 Å². The molecule has 3 N–H and O–H groups in total. The smallest absolute Gasteiger partial charge is 0.187 e. The van der Waals surface area contributed by atoms with Crippen molar-refractivity contribution in [3.05, 3.63) is 70.7 Å². The lowest BCUT2D eigenvalue weighted by Gasteiger charge is -2.17. The highest BCUT2D eigenvalue weighted by atomic mass is 32.2. The lowest BCUT2D eigenvalue weighted by atomic mass is 9.97.